The molecule has 1 unspecified atom stereocenters. The molecule has 0 amide bonds. The minimum atomic E-state index is 0.369. The lowest BCUT2D eigenvalue weighted by Gasteiger charge is -2.32. The molecule has 0 aromatic rings. The molecular weight excluding hydrogens is 198 g/mol. The summed E-state index contributed by atoms with van der Waals surface area (Å²) in [4.78, 5) is 4.85. The highest BCUT2D eigenvalue weighted by Gasteiger charge is 2.29. The highest BCUT2D eigenvalue weighted by Crippen LogP contribution is 2.19. The lowest BCUT2D eigenvalue weighted by molar-refractivity contribution is 0.203. The molecular formula is C13H29N3. The smallest absolute Gasteiger partial charge is 0.0280 e. The van der Waals surface area contributed by atoms with E-state index in [9.17, 15) is 0 Å². The summed E-state index contributed by atoms with van der Waals surface area (Å²) in [6.07, 6.45) is 3.94. The summed E-state index contributed by atoms with van der Waals surface area (Å²) in [7, 11) is 4.30. The molecule has 0 saturated carbocycles. The van der Waals surface area contributed by atoms with E-state index in [0.717, 1.165) is 0 Å². The Morgan fingerprint density at radius 3 is 2.50 bits per heavy atom. The second kappa shape index (κ2) is 6.58. The van der Waals surface area contributed by atoms with E-state index in [2.05, 4.69) is 43.1 Å². The molecule has 0 radical (unpaired) electrons. The minimum Gasteiger partial charge on any atom is -0.310 e. The highest BCUT2D eigenvalue weighted by atomic mass is 15.2. The van der Waals surface area contributed by atoms with Crippen LogP contribution in [0, 0.1) is 0 Å². The summed E-state index contributed by atoms with van der Waals surface area (Å²) < 4.78 is 0. The van der Waals surface area contributed by atoms with Gasteiger partial charge in [0.2, 0.25) is 0 Å². The van der Waals surface area contributed by atoms with Gasteiger partial charge in [-0.15, -0.1) is 0 Å². The van der Waals surface area contributed by atoms with Gasteiger partial charge in [-0.3, -0.25) is 0 Å². The molecule has 96 valence electrons. The van der Waals surface area contributed by atoms with Gasteiger partial charge in [0.05, 0.1) is 0 Å². The van der Waals surface area contributed by atoms with Gasteiger partial charge in [-0.2, -0.15) is 0 Å². The number of hydrogen-bond donors (Lipinski definition) is 1. The summed E-state index contributed by atoms with van der Waals surface area (Å²) in [5, 5.41) is 3.64. The number of hydrogen-bond acceptors (Lipinski definition) is 3. The summed E-state index contributed by atoms with van der Waals surface area (Å²) in [5.74, 6) is 0. The third-order valence-electron chi connectivity index (χ3n) is 3.56. The summed E-state index contributed by atoms with van der Waals surface area (Å²) >= 11 is 0. The highest BCUT2D eigenvalue weighted by molar-refractivity contribution is 4.91. The van der Waals surface area contributed by atoms with Gasteiger partial charge >= 0.3 is 0 Å². The van der Waals surface area contributed by atoms with Gasteiger partial charge in [-0.1, -0.05) is 6.92 Å². The fourth-order valence-corrected chi connectivity index (χ4v) is 2.55. The van der Waals surface area contributed by atoms with Gasteiger partial charge in [0.25, 0.3) is 0 Å². The Balaban J connectivity index is 2.25. The van der Waals surface area contributed by atoms with Gasteiger partial charge in [0, 0.05) is 12.1 Å². The molecule has 0 bridgehead atoms. The van der Waals surface area contributed by atoms with E-state index in [4.69, 9.17) is 0 Å². The van der Waals surface area contributed by atoms with E-state index in [0.29, 0.717) is 5.54 Å². The van der Waals surface area contributed by atoms with Crippen LogP contribution in [0.4, 0.5) is 0 Å². The molecule has 1 saturated heterocycles. The van der Waals surface area contributed by atoms with Crippen molar-refractivity contribution >= 4 is 0 Å². The van der Waals surface area contributed by atoms with Crippen LogP contribution in [-0.4, -0.2) is 62.2 Å². The van der Waals surface area contributed by atoms with Crippen LogP contribution >= 0.6 is 0 Å². The van der Waals surface area contributed by atoms with Crippen LogP contribution in [0.2, 0.25) is 0 Å². The van der Waals surface area contributed by atoms with Crippen LogP contribution in [0.3, 0.4) is 0 Å². The lowest BCUT2D eigenvalue weighted by Crippen LogP contribution is -2.47. The maximum atomic E-state index is 3.64. The van der Waals surface area contributed by atoms with E-state index >= 15 is 0 Å². The lowest BCUT2D eigenvalue weighted by atomic mass is 9.99. The Morgan fingerprint density at radius 1 is 1.25 bits per heavy atom. The van der Waals surface area contributed by atoms with Crippen molar-refractivity contribution < 1.29 is 0 Å². The average molecular weight is 227 g/mol. The molecule has 1 rings (SSSR count). The van der Waals surface area contributed by atoms with Gasteiger partial charge in [0.1, 0.15) is 0 Å². The quantitative estimate of drug-likeness (QED) is 0.709. The van der Waals surface area contributed by atoms with E-state index in [1.54, 1.807) is 0 Å². The van der Waals surface area contributed by atoms with Crippen molar-refractivity contribution in [2.45, 2.75) is 38.6 Å². The predicted octanol–water partition coefficient (Wildman–Crippen LogP) is 1.40. The number of nitrogens with one attached hydrogen (secondary N) is 1. The molecule has 16 heavy (non-hydrogen) atoms. The second-order valence-electron chi connectivity index (χ2n) is 5.62. The van der Waals surface area contributed by atoms with Gasteiger partial charge in [0.15, 0.2) is 0 Å². The van der Waals surface area contributed by atoms with E-state index in [1.165, 1.54) is 52.0 Å². The Labute approximate surface area is 101 Å². The van der Waals surface area contributed by atoms with Crippen LogP contribution in [-0.2, 0) is 0 Å². The van der Waals surface area contributed by atoms with Crippen LogP contribution in [0.5, 0.6) is 0 Å². The van der Waals surface area contributed by atoms with Crippen molar-refractivity contribution in [3.8, 4) is 0 Å². The zero-order valence-electron chi connectivity index (χ0n) is 11.6. The molecule has 0 aromatic heterocycles. The van der Waals surface area contributed by atoms with Gasteiger partial charge in [-0.05, 0) is 66.5 Å². The molecule has 0 aromatic carbocycles. The Kier molecular flexibility index (Phi) is 5.73. The largest absolute Gasteiger partial charge is 0.310 e. The van der Waals surface area contributed by atoms with E-state index < -0.39 is 0 Å². The third-order valence-corrected chi connectivity index (χ3v) is 3.56. The monoisotopic (exact) mass is 227 g/mol. The first kappa shape index (κ1) is 13.9. The summed E-state index contributed by atoms with van der Waals surface area (Å²) in [6.45, 7) is 10.6. The Morgan fingerprint density at radius 2 is 2.00 bits per heavy atom. The summed E-state index contributed by atoms with van der Waals surface area (Å²) in [5.41, 5.74) is 0.369. The topological polar surface area (TPSA) is 18.5 Å². The molecule has 1 aliphatic heterocycles. The minimum absolute atomic E-state index is 0.369. The Hall–Kier alpha value is -0.120. The molecule has 1 heterocycles. The maximum absolute atomic E-state index is 3.64. The number of rotatable bonds is 7. The van der Waals surface area contributed by atoms with Crippen molar-refractivity contribution in [2.24, 2.45) is 0 Å². The predicted molar refractivity (Wildman–Crippen MR) is 70.9 cm³/mol. The standard InChI is InChI=1S/C13H29N3/c1-5-16(11-7-10-15(3)4)12-13(2)8-6-9-14-13/h14H,5-12H2,1-4H3. The van der Waals surface area contributed by atoms with Crippen LogP contribution < -0.4 is 5.32 Å². The SMILES string of the molecule is CCN(CCCN(C)C)CC1(C)CCCN1. The fourth-order valence-electron chi connectivity index (χ4n) is 2.55. The maximum Gasteiger partial charge on any atom is 0.0280 e. The molecule has 0 aliphatic carbocycles. The molecule has 3 heteroatoms. The van der Waals surface area contributed by atoms with Crippen molar-refractivity contribution in [1.82, 2.24) is 15.1 Å². The first-order valence-corrected chi connectivity index (χ1v) is 6.68. The van der Waals surface area contributed by atoms with E-state index in [1.807, 2.05) is 0 Å². The van der Waals surface area contributed by atoms with Crippen molar-refractivity contribution in [1.29, 1.82) is 0 Å². The molecule has 1 fully saturated rings. The van der Waals surface area contributed by atoms with Crippen molar-refractivity contribution in [3.05, 3.63) is 0 Å². The zero-order valence-corrected chi connectivity index (χ0v) is 11.6. The molecule has 1 aliphatic rings. The van der Waals surface area contributed by atoms with Gasteiger partial charge < -0.3 is 15.1 Å². The van der Waals surface area contributed by atoms with E-state index in [-0.39, 0.29) is 0 Å². The zero-order chi connectivity index (χ0) is 12.0. The van der Waals surface area contributed by atoms with Crippen LogP contribution in [0.25, 0.3) is 0 Å². The fraction of sp³-hybridized carbons (Fsp3) is 1.00. The molecule has 1 N–H and O–H groups in total. The molecule has 0 spiro atoms. The second-order valence-corrected chi connectivity index (χ2v) is 5.62. The number of nitrogens with zero attached hydrogens (tertiary/aromatic N) is 2. The Bertz CT molecular complexity index is 186. The first-order valence-electron chi connectivity index (χ1n) is 6.68. The molecule has 3 nitrogen and oxygen atoms in total. The van der Waals surface area contributed by atoms with Crippen molar-refractivity contribution in [2.75, 3.05) is 46.8 Å². The number of likely N-dealkylation sites (N-methyl/N-ethyl adjacent to an activating group) is 1. The summed E-state index contributed by atoms with van der Waals surface area (Å²) in [6, 6.07) is 0. The van der Waals surface area contributed by atoms with Crippen molar-refractivity contribution in [3.63, 3.8) is 0 Å². The van der Waals surface area contributed by atoms with Crippen LogP contribution in [0.15, 0.2) is 0 Å². The van der Waals surface area contributed by atoms with Gasteiger partial charge in [-0.25, -0.2) is 0 Å². The normalized spacial score (nSPS) is 25.9. The average Bonchev–Trinajstić information content (AvgIpc) is 2.63. The van der Waals surface area contributed by atoms with Crippen LogP contribution in [0.1, 0.15) is 33.1 Å². The third kappa shape index (κ3) is 4.81. The molecule has 1 atom stereocenters. The first-order chi connectivity index (χ1) is 7.56.